The molecular weight excluding hydrogens is 272 g/mol. The zero-order chi connectivity index (χ0) is 14.8. The number of benzene rings is 1. The first-order valence-corrected chi connectivity index (χ1v) is 8.84. The van der Waals surface area contributed by atoms with Gasteiger partial charge in [0.2, 0.25) is 10.0 Å². The third-order valence-corrected chi connectivity index (χ3v) is 5.23. The lowest BCUT2D eigenvalue weighted by Gasteiger charge is -2.23. The van der Waals surface area contributed by atoms with E-state index in [9.17, 15) is 8.42 Å². The minimum absolute atomic E-state index is 0.0464. The van der Waals surface area contributed by atoms with Gasteiger partial charge in [-0.25, -0.2) is 13.1 Å². The average molecular weight is 296 g/mol. The molecule has 0 radical (unpaired) electrons. The van der Waals surface area contributed by atoms with Gasteiger partial charge in [-0.1, -0.05) is 29.8 Å². The SMILES string of the molecule is CCS(=O)(=O)NC[C@@H](C)NC1(c2ccc(C)cc2)CC1. The van der Waals surface area contributed by atoms with E-state index in [0.717, 1.165) is 12.8 Å². The summed E-state index contributed by atoms with van der Waals surface area (Å²) in [4.78, 5) is 0. The highest BCUT2D eigenvalue weighted by molar-refractivity contribution is 7.89. The van der Waals surface area contributed by atoms with E-state index >= 15 is 0 Å². The van der Waals surface area contributed by atoms with Crippen molar-refractivity contribution in [2.45, 2.75) is 45.2 Å². The van der Waals surface area contributed by atoms with E-state index in [4.69, 9.17) is 0 Å². The predicted octanol–water partition coefficient (Wildman–Crippen LogP) is 1.90. The Balaban J connectivity index is 1.94. The van der Waals surface area contributed by atoms with Crippen molar-refractivity contribution >= 4 is 10.0 Å². The van der Waals surface area contributed by atoms with Crippen LogP contribution in [0, 0.1) is 6.92 Å². The number of aryl methyl sites for hydroxylation is 1. The Hall–Kier alpha value is -0.910. The summed E-state index contributed by atoms with van der Waals surface area (Å²) in [5, 5.41) is 3.57. The molecule has 0 amide bonds. The lowest BCUT2D eigenvalue weighted by Crippen LogP contribution is -2.44. The van der Waals surface area contributed by atoms with Gasteiger partial charge in [-0.2, -0.15) is 0 Å². The van der Waals surface area contributed by atoms with Gasteiger partial charge in [-0.05, 0) is 39.2 Å². The summed E-state index contributed by atoms with van der Waals surface area (Å²) in [5.74, 6) is 0.128. The third-order valence-electron chi connectivity index (χ3n) is 3.87. The normalized spacial score (nSPS) is 18.8. The molecule has 0 unspecified atom stereocenters. The molecule has 5 heteroatoms. The predicted molar refractivity (Wildman–Crippen MR) is 82.2 cm³/mol. The van der Waals surface area contributed by atoms with Gasteiger partial charge >= 0.3 is 0 Å². The molecule has 0 bridgehead atoms. The van der Waals surface area contributed by atoms with Crippen LogP contribution in [0.5, 0.6) is 0 Å². The second-order valence-corrected chi connectivity index (χ2v) is 7.84. The number of rotatable bonds is 7. The lowest BCUT2D eigenvalue weighted by molar-refractivity contribution is 0.434. The first kappa shape index (κ1) is 15.5. The van der Waals surface area contributed by atoms with Gasteiger partial charge in [-0.3, -0.25) is 0 Å². The van der Waals surface area contributed by atoms with E-state index in [-0.39, 0.29) is 17.3 Å². The van der Waals surface area contributed by atoms with Crippen LogP contribution in [-0.4, -0.2) is 26.8 Å². The van der Waals surface area contributed by atoms with E-state index in [2.05, 4.69) is 41.2 Å². The quantitative estimate of drug-likeness (QED) is 0.808. The summed E-state index contributed by atoms with van der Waals surface area (Å²) >= 11 is 0. The van der Waals surface area contributed by atoms with Crippen molar-refractivity contribution < 1.29 is 8.42 Å². The first-order chi connectivity index (χ1) is 9.37. The summed E-state index contributed by atoms with van der Waals surface area (Å²) in [6.45, 7) is 6.18. The number of hydrogen-bond donors (Lipinski definition) is 2. The number of sulfonamides is 1. The first-order valence-electron chi connectivity index (χ1n) is 7.19. The molecule has 2 rings (SSSR count). The van der Waals surface area contributed by atoms with Crippen molar-refractivity contribution in [2.24, 2.45) is 0 Å². The van der Waals surface area contributed by atoms with Crippen LogP contribution >= 0.6 is 0 Å². The van der Waals surface area contributed by atoms with E-state index in [1.807, 2.05) is 6.92 Å². The highest BCUT2D eigenvalue weighted by atomic mass is 32.2. The largest absolute Gasteiger partial charge is 0.304 e. The molecule has 0 heterocycles. The molecule has 112 valence electrons. The minimum Gasteiger partial charge on any atom is -0.304 e. The number of nitrogens with one attached hydrogen (secondary N) is 2. The molecule has 2 N–H and O–H groups in total. The second kappa shape index (κ2) is 5.84. The van der Waals surface area contributed by atoms with Crippen LogP contribution in [-0.2, 0) is 15.6 Å². The Labute approximate surface area is 122 Å². The fourth-order valence-corrected chi connectivity index (χ4v) is 3.10. The van der Waals surface area contributed by atoms with Gasteiger partial charge in [0.05, 0.1) is 5.75 Å². The summed E-state index contributed by atoms with van der Waals surface area (Å²) in [7, 11) is -3.11. The topological polar surface area (TPSA) is 58.2 Å². The van der Waals surface area contributed by atoms with Crippen molar-refractivity contribution in [1.29, 1.82) is 0 Å². The molecule has 1 saturated carbocycles. The van der Waals surface area contributed by atoms with Gasteiger partial charge in [0.25, 0.3) is 0 Å². The maximum absolute atomic E-state index is 11.5. The highest BCUT2D eigenvalue weighted by Crippen LogP contribution is 2.45. The van der Waals surface area contributed by atoms with Gasteiger partial charge in [-0.15, -0.1) is 0 Å². The number of hydrogen-bond acceptors (Lipinski definition) is 3. The zero-order valence-corrected chi connectivity index (χ0v) is 13.3. The summed E-state index contributed by atoms with van der Waals surface area (Å²) in [6, 6.07) is 8.69. The lowest BCUT2D eigenvalue weighted by atomic mass is 10.0. The fourth-order valence-electron chi connectivity index (χ4n) is 2.39. The molecule has 1 aliphatic carbocycles. The van der Waals surface area contributed by atoms with Crippen LogP contribution in [0.3, 0.4) is 0 Å². The van der Waals surface area contributed by atoms with Crippen LogP contribution in [0.15, 0.2) is 24.3 Å². The third kappa shape index (κ3) is 3.81. The smallest absolute Gasteiger partial charge is 0.211 e. The molecular formula is C15H24N2O2S. The summed E-state index contributed by atoms with van der Waals surface area (Å²) in [5.41, 5.74) is 2.60. The molecule has 1 aromatic rings. The average Bonchev–Trinajstić information content (AvgIpc) is 3.18. The van der Waals surface area contributed by atoms with Crippen molar-refractivity contribution in [2.75, 3.05) is 12.3 Å². The molecule has 0 aromatic heterocycles. The minimum atomic E-state index is -3.11. The molecule has 0 spiro atoms. The van der Waals surface area contributed by atoms with Gasteiger partial charge in [0.15, 0.2) is 0 Å². The van der Waals surface area contributed by atoms with Gasteiger partial charge in [0.1, 0.15) is 0 Å². The van der Waals surface area contributed by atoms with Gasteiger partial charge in [0, 0.05) is 18.1 Å². The Morgan fingerprint density at radius 1 is 1.25 bits per heavy atom. The van der Waals surface area contributed by atoms with E-state index in [1.165, 1.54) is 11.1 Å². The van der Waals surface area contributed by atoms with Crippen molar-refractivity contribution in [3.05, 3.63) is 35.4 Å². The molecule has 0 aliphatic heterocycles. The molecule has 1 aromatic carbocycles. The maximum Gasteiger partial charge on any atom is 0.211 e. The molecule has 0 saturated heterocycles. The van der Waals surface area contributed by atoms with Crippen LogP contribution < -0.4 is 10.0 Å². The van der Waals surface area contributed by atoms with Crippen molar-refractivity contribution in [3.8, 4) is 0 Å². The molecule has 20 heavy (non-hydrogen) atoms. The summed E-state index contributed by atoms with van der Waals surface area (Å²) < 4.78 is 25.5. The van der Waals surface area contributed by atoms with Crippen LogP contribution in [0.2, 0.25) is 0 Å². The van der Waals surface area contributed by atoms with Crippen LogP contribution in [0.1, 0.15) is 37.8 Å². The Kier molecular flexibility index (Phi) is 4.52. The van der Waals surface area contributed by atoms with E-state index in [1.54, 1.807) is 6.92 Å². The van der Waals surface area contributed by atoms with Crippen molar-refractivity contribution in [1.82, 2.24) is 10.0 Å². The molecule has 1 atom stereocenters. The Morgan fingerprint density at radius 2 is 1.85 bits per heavy atom. The Morgan fingerprint density at radius 3 is 2.35 bits per heavy atom. The standard InChI is InChI=1S/C15H24N2O2S/c1-4-20(18,19)16-11-13(3)17-15(9-10-15)14-7-5-12(2)6-8-14/h5-8,13,16-17H,4,9-11H2,1-3H3/t13-/m1/s1. The monoisotopic (exact) mass is 296 g/mol. The molecule has 4 nitrogen and oxygen atoms in total. The van der Waals surface area contributed by atoms with E-state index in [0.29, 0.717) is 6.54 Å². The van der Waals surface area contributed by atoms with Gasteiger partial charge < -0.3 is 5.32 Å². The second-order valence-electron chi connectivity index (χ2n) is 5.75. The Bertz CT molecular complexity index is 548. The maximum atomic E-state index is 11.5. The summed E-state index contributed by atoms with van der Waals surface area (Å²) in [6.07, 6.45) is 2.22. The fraction of sp³-hybridized carbons (Fsp3) is 0.600. The molecule has 1 fully saturated rings. The molecule has 1 aliphatic rings. The van der Waals surface area contributed by atoms with Crippen LogP contribution in [0.25, 0.3) is 0 Å². The zero-order valence-electron chi connectivity index (χ0n) is 12.4. The van der Waals surface area contributed by atoms with Crippen molar-refractivity contribution in [3.63, 3.8) is 0 Å². The van der Waals surface area contributed by atoms with Crippen LogP contribution in [0.4, 0.5) is 0 Å². The highest BCUT2D eigenvalue weighted by Gasteiger charge is 2.44. The van der Waals surface area contributed by atoms with E-state index < -0.39 is 10.0 Å².